The van der Waals surface area contributed by atoms with E-state index in [0.717, 1.165) is 17.3 Å². The molecule has 0 aliphatic heterocycles. The van der Waals surface area contributed by atoms with E-state index in [1.807, 2.05) is 0 Å². The summed E-state index contributed by atoms with van der Waals surface area (Å²) < 4.78 is 14.6. The number of carbonyl (C=O) groups excluding carboxylic acids is 1. The van der Waals surface area contributed by atoms with Crippen LogP contribution in [0.5, 0.6) is 0 Å². The van der Waals surface area contributed by atoms with Gasteiger partial charge >= 0.3 is 0 Å². The number of benzene rings is 1. The molecule has 0 spiro atoms. The number of carbonyl (C=O) groups is 1. The largest absolute Gasteiger partial charge is 0.352 e. The van der Waals surface area contributed by atoms with Gasteiger partial charge in [0, 0.05) is 12.1 Å². The highest BCUT2D eigenvalue weighted by Crippen LogP contribution is 2.16. The predicted molar refractivity (Wildman–Crippen MR) is 74.6 cm³/mol. The van der Waals surface area contributed by atoms with Crippen molar-refractivity contribution in [3.8, 4) is 0 Å². The molecule has 1 amide bonds. The number of hydrogen-bond acceptors (Lipinski definition) is 1. The second kappa shape index (κ2) is 7.21. The molecule has 16 heavy (non-hydrogen) atoms. The standard InChI is InChI=1S/C11H12BrFINO/c12-9-4-3-8(7-10(9)13)11(16)15-6-2-1-5-14/h3-4,7H,1-2,5-6H2,(H,15,16). The molecule has 1 N–H and O–H groups in total. The molecule has 0 atom stereocenters. The van der Waals surface area contributed by atoms with Crippen molar-refractivity contribution in [2.45, 2.75) is 12.8 Å². The van der Waals surface area contributed by atoms with Gasteiger partial charge < -0.3 is 5.32 Å². The summed E-state index contributed by atoms with van der Waals surface area (Å²) in [4.78, 5) is 11.6. The monoisotopic (exact) mass is 399 g/mol. The Morgan fingerprint density at radius 1 is 1.44 bits per heavy atom. The van der Waals surface area contributed by atoms with Crippen LogP contribution in [-0.4, -0.2) is 16.9 Å². The third-order valence-electron chi connectivity index (χ3n) is 2.03. The highest BCUT2D eigenvalue weighted by molar-refractivity contribution is 14.1. The van der Waals surface area contributed by atoms with Gasteiger partial charge in [0.25, 0.3) is 5.91 Å². The summed E-state index contributed by atoms with van der Waals surface area (Å²) in [6.07, 6.45) is 2.03. The highest BCUT2D eigenvalue weighted by Gasteiger charge is 2.07. The van der Waals surface area contributed by atoms with Crippen LogP contribution in [0.15, 0.2) is 22.7 Å². The topological polar surface area (TPSA) is 29.1 Å². The molecule has 1 rings (SSSR count). The van der Waals surface area contributed by atoms with Gasteiger partial charge in [-0.05, 0) is 51.4 Å². The smallest absolute Gasteiger partial charge is 0.251 e. The molecule has 0 aromatic heterocycles. The quantitative estimate of drug-likeness (QED) is 0.458. The molecule has 0 saturated heterocycles. The minimum Gasteiger partial charge on any atom is -0.352 e. The number of amides is 1. The highest BCUT2D eigenvalue weighted by atomic mass is 127. The number of hydrogen-bond donors (Lipinski definition) is 1. The molecule has 0 bridgehead atoms. The lowest BCUT2D eigenvalue weighted by molar-refractivity contribution is 0.0952. The summed E-state index contributed by atoms with van der Waals surface area (Å²) in [6, 6.07) is 4.37. The summed E-state index contributed by atoms with van der Waals surface area (Å²) >= 11 is 5.34. The minimum atomic E-state index is -0.417. The number of halogens is 3. The second-order valence-electron chi connectivity index (χ2n) is 3.28. The van der Waals surface area contributed by atoms with Crippen LogP contribution in [0.4, 0.5) is 4.39 Å². The van der Waals surface area contributed by atoms with E-state index in [1.165, 1.54) is 12.1 Å². The fourth-order valence-corrected chi connectivity index (χ4v) is 1.95. The van der Waals surface area contributed by atoms with Crippen LogP contribution >= 0.6 is 38.5 Å². The number of unbranched alkanes of at least 4 members (excludes halogenated alkanes) is 1. The Morgan fingerprint density at radius 2 is 2.19 bits per heavy atom. The average Bonchev–Trinajstić information content (AvgIpc) is 2.28. The predicted octanol–water partition coefficient (Wildman–Crippen LogP) is 3.53. The van der Waals surface area contributed by atoms with Crippen molar-refractivity contribution in [3.63, 3.8) is 0 Å². The van der Waals surface area contributed by atoms with Crippen molar-refractivity contribution in [1.82, 2.24) is 5.32 Å². The molecule has 5 heteroatoms. The van der Waals surface area contributed by atoms with E-state index in [4.69, 9.17) is 0 Å². The van der Waals surface area contributed by atoms with Gasteiger partial charge in [-0.15, -0.1) is 0 Å². The van der Waals surface area contributed by atoms with Crippen LogP contribution in [0.3, 0.4) is 0 Å². The molecule has 1 aromatic rings. The van der Waals surface area contributed by atoms with Crippen LogP contribution in [0.2, 0.25) is 0 Å². The zero-order chi connectivity index (χ0) is 12.0. The van der Waals surface area contributed by atoms with E-state index >= 15 is 0 Å². The molecule has 0 radical (unpaired) electrons. The molecular formula is C11H12BrFINO. The first-order valence-electron chi connectivity index (χ1n) is 4.94. The summed E-state index contributed by atoms with van der Waals surface area (Å²) in [5, 5.41) is 2.76. The lowest BCUT2D eigenvalue weighted by atomic mass is 10.2. The Kier molecular flexibility index (Phi) is 6.26. The molecule has 0 saturated carbocycles. The van der Waals surface area contributed by atoms with Gasteiger partial charge in [-0.2, -0.15) is 0 Å². The van der Waals surface area contributed by atoms with E-state index in [0.29, 0.717) is 16.6 Å². The van der Waals surface area contributed by atoms with Crippen LogP contribution in [0.25, 0.3) is 0 Å². The van der Waals surface area contributed by atoms with Crippen LogP contribution < -0.4 is 5.32 Å². The van der Waals surface area contributed by atoms with Gasteiger partial charge in [-0.1, -0.05) is 22.6 Å². The Bertz CT molecular complexity index is 373. The summed E-state index contributed by atoms with van der Waals surface area (Å²) in [5.74, 6) is -0.639. The van der Waals surface area contributed by atoms with Gasteiger partial charge in [-0.3, -0.25) is 4.79 Å². The van der Waals surface area contributed by atoms with Crippen LogP contribution in [0, 0.1) is 5.82 Å². The molecule has 1 aromatic carbocycles. The zero-order valence-electron chi connectivity index (χ0n) is 8.60. The summed E-state index contributed by atoms with van der Waals surface area (Å²) in [7, 11) is 0. The van der Waals surface area contributed by atoms with Crippen LogP contribution in [-0.2, 0) is 0 Å². The molecule has 88 valence electrons. The number of alkyl halides is 1. The van der Waals surface area contributed by atoms with Crippen molar-refractivity contribution in [2.24, 2.45) is 0 Å². The van der Waals surface area contributed by atoms with Gasteiger partial charge in [-0.25, -0.2) is 4.39 Å². The fourth-order valence-electron chi connectivity index (χ4n) is 1.16. The van der Waals surface area contributed by atoms with Gasteiger partial charge in [0.1, 0.15) is 5.82 Å². The fraction of sp³-hybridized carbons (Fsp3) is 0.364. The van der Waals surface area contributed by atoms with Crippen LogP contribution in [0.1, 0.15) is 23.2 Å². The second-order valence-corrected chi connectivity index (χ2v) is 5.21. The Balaban J connectivity index is 2.50. The maximum absolute atomic E-state index is 13.2. The summed E-state index contributed by atoms with van der Waals surface area (Å²) in [5.41, 5.74) is 0.357. The van der Waals surface area contributed by atoms with Crippen molar-refractivity contribution < 1.29 is 9.18 Å². The molecule has 0 heterocycles. The minimum absolute atomic E-state index is 0.222. The SMILES string of the molecule is O=C(NCCCCI)c1ccc(Br)c(F)c1. The van der Waals surface area contributed by atoms with Gasteiger partial charge in [0.15, 0.2) is 0 Å². The van der Waals surface area contributed by atoms with E-state index in [-0.39, 0.29) is 5.91 Å². The van der Waals surface area contributed by atoms with E-state index in [9.17, 15) is 9.18 Å². The van der Waals surface area contributed by atoms with Crippen molar-refractivity contribution in [2.75, 3.05) is 11.0 Å². The maximum atomic E-state index is 13.2. The molecule has 0 unspecified atom stereocenters. The van der Waals surface area contributed by atoms with Crippen molar-refractivity contribution in [3.05, 3.63) is 34.1 Å². The normalized spacial score (nSPS) is 10.2. The molecule has 0 fully saturated rings. The molecular weight excluding hydrogens is 388 g/mol. The third-order valence-corrected chi connectivity index (χ3v) is 3.43. The third kappa shape index (κ3) is 4.37. The first-order valence-corrected chi connectivity index (χ1v) is 7.26. The Morgan fingerprint density at radius 3 is 2.81 bits per heavy atom. The first kappa shape index (κ1) is 13.9. The van der Waals surface area contributed by atoms with E-state index < -0.39 is 5.82 Å². The van der Waals surface area contributed by atoms with E-state index in [1.54, 1.807) is 6.07 Å². The lowest BCUT2D eigenvalue weighted by Crippen LogP contribution is -2.24. The van der Waals surface area contributed by atoms with Crippen molar-refractivity contribution >= 4 is 44.4 Å². The Labute approximate surface area is 116 Å². The van der Waals surface area contributed by atoms with Crippen molar-refractivity contribution in [1.29, 1.82) is 0 Å². The number of nitrogens with one attached hydrogen (secondary N) is 1. The average molecular weight is 400 g/mol. The summed E-state index contributed by atoms with van der Waals surface area (Å²) in [6.45, 7) is 0.638. The Hall–Kier alpha value is -0.170. The maximum Gasteiger partial charge on any atom is 0.251 e. The van der Waals surface area contributed by atoms with Gasteiger partial charge in [0.2, 0.25) is 0 Å². The number of rotatable bonds is 5. The lowest BCUT2D eigenvalue weighted by Gasteiger charge is -2.05. The molecule has 0 aliphatic carbocycles. The van der Waals surface area contributed by atoms with E-state index in [2.05, 4.69) is 43.8 Å². The molecule has 0 aliphatic rings. The zero-order valence-corrected chi connectivity index (χ0v) is 12.3. The van der Waals surface area contributed by atoms with Gasteiger partial charge in [0.05, 0.1) is 4.47 Å². The molecule has 2 nitrogen and oxygen atoms in total. The first-order chi connectivity index (χ1) is 7.65.